The molecule has 0 spiro atoms. The van der Waals surface area contributed by atoms with E-state index in [2.05, 4.69) is 62.2 Å². The molecule has 0 amide bonds. The molecule has 0 saturated heterocycles. The van der Waals surface area contributed by atoms with Crippen LogP contribution in [0.15, 0.2) is 54.6 Å². The summed E-state index contributed by atoms with van der Waals surface area (Å²) in [7, 11) is 2.09. The van der Waals surface area contributed by atoms with Crippen molar-refractivity contribution >= 4 is 5.69 Å². The van der Waals surface area contributed by atoms with Gasteiger partial charge in [0.25, 0.3) is 0 Å². The highest BCUT2D eigenvalue weighted by Crippen LogP contribution is 2.23. The average Bonchev–Trinajstić information content (AvgIpc) is 2.39. The highest BCUT2D eigenvalue weighted by atomic mass is 15.1. The van der Waals surface area contributed by atoms with E-state index in [9.17, 15) is 0 Å². The Morgan fingerprint density at radius 2 is 1.58 bits per heavy atom. The van der Waals surface area contributed by atoms with Crippen LogP contribution in [0.25, 0.3) is 0 Å². The van der Waals surface area contributed by atoms with Crippen molar-refractivity contribution in [2.75, 3.05) is 18.5 Å². The molecule has 0 bridgehead atoms. The number of hydrogen-bond acceptors (Lipinski definition) is 2. The van der Waals surface area contributed by atoms with Crippen molar-refractivity contribution in [1.29, 1.82) is 0 Å². The molecule has 0 radical (unpaired) electrons. The summed E-state index contributed by atoms with van der Waals surface area (Å²) < 4.78 is 0. The van der Waals surface area contributed by atoms with Gasteiger partial charge in [-0.05, 0) is 31.0 Å². The average molecular weight is 254 g/mol. The lowest BCUT2D eigenvalue weighted by molar-refractivity contribution is 0.495. The Morgan fingerprint density at radius 1 is 1.00 bits per heavy atom. The zero-order valence-corrected chi connectivity index (χ0v) is 11.9. The van der Waals surface area contributed by atoms with Gasteiger partial charge < -0.3 is 10.6 Å². The maximum Gasteiger partial charge on any atom is 0.0558 e. The van der Waals surface area contributed by atoms with Crippen LogP contribution in [-0.4, -0.2) is 13.6 Å². The first-order valence-electron chi connectivity index (χ1n) is 6.62. The van der Waals surface area contributed by atoms with Crippen LogP contribution in [-0.2, 0) is 5.54 Å². The number of nitrogens with zero attached hydrogens (tertiary/aromatic N) is 1. The molecule has 0 saturated carbocycles. The van der Waals surface area contributed by atoms with E-state index >= 15 is 0 Å². The Balaban J connectivity index is 2.19. The van der Waals surface area contributed by atoms with Crippen LogP contribution < -0.4 is 10.6 Å². The number of likely N-dealkylation sites (N-methyl/N-ethyl adjacent to an activating group) is 1. The number of benzene rings is 2. The molecule has 19 heavy (non-hydrogen) atoms. The summed E-state index contributed by atoms with van der Waals surface area (Å²) in [5.41, 5.74) is 9.79. The zero-order chi connectivity index (χ0) is 13.9. The summed E-state index contributed by atoms with van der Waals surface area (Å²) in [6.45, 7) is 4.99. The fraction of sp³-hybridized carbons (Fsp3) is 0.294. The SMILES string of the molecule is Cc1ccccc1N(C)CC(C)(N)c1ccccc1. The monoisotopic (exact) mass is 254 g/mol. The lowest BCUT2D eigenvalue weighted by Gasteiger charge is -2.32. The Bertz CT molecular complexity index is 532. The molecule has 0 fully saturated rings. The first kappa shape index (κ1) is 13.6. The molecule has 0 aliphatic carbocycles. The van der Waals surface area contributed by atoms with Gasteiger partial charge in [-0.3, -0.25) is 0 Å². The van der Waals surface area contributed by atoms with Crippen LogP contribution in [0.5, 0.6) is 0 Å². The molecule has 1 atom stereocenters. The second-order valence-electron chi connectivity index (χ2n) is 5.43. The van der Waals surface area contributed by atoms with Gasteiger partial charge >= 0.3 is 0 Å². The smallest absolute Gasteiger partial charge is 0.0558 e. The Morgan fingerprint density at radius 3 is 2.21 bits per heavy atom. The minimum atomic E-state index is -0.363. The number of para-hydroxylation sites is 1. The first-order valence-corrected chi connectivity index (χ1v) is 6.62. The van der Waals surface area contributed by atoms with Crippen LogP contribution in [0, 0.1) is 6.92 Å². The van der Waals surface area contributed by atoms with E-state index in [1.807, 2.05) is 18.2 Å². The second kappa shape index (κ2) is 5.45. The van der Waals surface area contributed by atoms with Gasteiger partial charge in [0, 0.05) is 19.3 Å². The van der Waals surface area contributed by atoms with Crippen molar-refractivity contribution in [1.82, 2.24) is 0 Å². The van der Waals surface area contributed by atoms with Gasteiger partial charge in [0.05, 0.1) is 5.54 Å². The third-order valence-electron chi connectivity index (χ3n) is 3.53. The molecule has 2 aromatic rings. The van der Waals surface area contributed by atoms with Crippen LogP contribution in [0.3, 0.4) is 0 Å². The maximum absolute atomic E-state index is 6.48. The van der Waals surface area contributed by atoms with Crippen LogP contribution in [0.1, 0.15) is 18.1 Å². The van der Waals surface area contributed by atoms with Gasteiger partial charge in [-0.15, -0.1) is 0 Å². The molecule has 0 aliphatic heterocycles. The lowest BCUT2D eigenvalue weighted by Crippen LogP contribution is -2.44. The standard InChI is InChI=1S/C17H22N2/c1-14-9-7-8-12-16(14)19(3)13-17(2,18)15-10-5-4-6-11-15/h4-12H,13,18H2,1-3H3. The van der Waals surface area contributed by atoms with Crippen molar-refractivity contribution < 1.29 is 0 Å². The summed E-state index contributed by atoms with van der Waals surface area (Å²) in [5.74, 6) is 0. The molecular formula is C17H22N2. The van der Waals surface area contributed by atoms with Gasteiger partial charge in [-0.1, -0.05) is 48.5 Å². The topological polar surface area (TPSA) is 29.3 Å². The maximum atomic E-state index is 6.48. The van der Waals surface area contributed by atoms with E-state index in [-0.39, 0.29) is 5.54 Å². The normalized spacial score (nSPS) is 13.9. The summed E-state index contributed by atoms with van der Waals surface area (Å²) in [4.78, 5) is 2.22. The van der Waals surface area contributed by atoms with Crippen molar-refractivity contribution in [3.8, 4) is 0 Å². The summed E-state index contributed by atoms with van der Waals surface area (Å²) in [5, 5.41) is 0. The van der Waals surface area contributed by atoms with Gasteiger partial charge in [-0.25, -0.2) is 0 Å². The van der Waals surface area contributed by atoms with Crippen LogP contribution in [0.4, 0.5) is 5.69 Å². The second-order valence-corrected chi connectivity index (χ2v) is 5.43. The minimum absolute atomic E-state index is 0.363. The predicted molar refractivity (Wildman–Crippen MR) is 82.4 cm³/mol. The van der Waals surface area contributed by atoms with Crippen molar-refractivity contribution in [3.63, 3.8) is 0 Å². The summed E-state index contributed by atoms with van der Waals surface area (Å²) in [6, 6.07) is 18.7. The Hall–Kier alpha value is -1.80. The lowest BCUT2D eigenvalue weighted by atomic mass is 9.92. The third-order valence-corrected chi connectivity index (χ3v) is 3.53. The van der Waals surface area contributed by atoms with Gasteiger partial charge in [0.15, 0.2) is 0 Å². The van der Waals surface area contributed by atoms with E-state index in [0.29, 0.717) is 0 Å². The fourth-order valence-electron chi connectivity index (χ4n) is 2.48. The van der Waals surface area contributed by atoms with E-state index in [1.54, 1.807) is 0 Å². The Kier molecular flexibility index (Phi) is 3.91. The molecule has 2 N–H and O–H groups in total. The number of anilines is 1. The quantitative estimate of drug-likeness (QED) is 0.907. The molecular weight excluding hydrogens is 232 g/mol. The van der Waals surface area contributed by atoms with Crippen molar-refractivity contribution in [2.24, 2.45) is 5.73 Å². The number of rotatable bonds is 4. The summed E-state index contributed by atoms with van der Waals surface area (Å²) in [6.07, 6.45) is 0. The Labute approximate surface area is 115 Å². The largest absolute Gasteiger partial charge is 0.372 e. The molecule has 2 aromatic carbocycles. The molecule has 0 heterocycles. The van der Waals surface area contributed by atoms with E-state index in [0.717, 1.165) is 12.1 Å². The van der Waals surface area contributed by atoms with Crippen molar-refractivity contribution in [2.45, 2.75) is 19.4 Å². The van der Waals surface area contributed by atoms with E-state index in [4.69, 9.17) is 5.73 Å². The fourth-order valence-corrected chi connectivity index (χ4v) is 2.48. The van der Waals surface area contributed by atoms with Gasteiger partial charge in [0.2, 0.25) is 0 Å². The van der Waals surface area contributed by atoms with Crippen LogP contribution >= 0.6 is 0 Å². The van der Waals surface area contributed by atoms with Gasteiger partial charge in [0.1, 0.15) is 0 Å². The number of hydrogen-bond donors (Lipinski definition) is 1. The molecule has 1 unspecified atom stereocenters. The van der Waals surface area contributed by atoms with Gasteiger partial charge in [-0.2, -0.15) is 0 Å². The van der Waals surface area contributed by atoms with Crippen molar-refractivity contribution in [3.05, 3.63) is 65.7 Å². The molecule has 0 aromatic heterocycles. The van der Waals surface area contributed by atoms with E-state index < -0.39 is 0 Å². The third kappa shape index (κ3) is 3.15. The molecule has 0 aliphatic rings. The number of aryl methyl sites for hydroxylation is 1. The van der Waals surface area contributed by atoms with Crippen LogP contribution in [0.2, 0.25) is 0 Å². The highest BCUT2D eigenvalue weighted by molar-refractivity contribution is 5.52. The summed E-state index contributed by atoms with van der Waals surface area (Å²) >= 11 is 0. The predicted octanol–water partition coefficient (Wildman–Crippen LogP) is 3.31. The van der Waals surface area contributed by atoms with E-state index in [1.165, 1.54) is 11.3 Å². The minimum Gasteiger partial charge on any atom is -0.372 e. The zero-order valence-electron chi connectivity index (χ0n) is 11.9. The highest BCUT2D eigenvalue weighted by Gasteiger charge is 2.23. The first-order chi connectivity index (χ1) is 9.00. The molecule has 2 nitrogen and oxygen atoms in total. The molecule has 2 heteroatoms. The number of nitrogens with two attached hydrogens (primary N) is 1. The molecule has 100 valence electrons. The molecule has 2 rings (SSSR count).